The fourth-order valence-corrected chi connectivity index (χ4v) is 1.02. The Morgan fingerprint density at radius 2 is 2.33 bits per heavy atom. The zero-order chi connectivity index (χ0) is 11.4. The molecule has 0 unspecified atom stereocenters. The van der Waals surface area contributed by atoms with Crippen LogP contribution in [0.25, 0.3) is 0 Å². The average Bonchev–Trinajstić information content (AvgIpc) is 2.15. The number of pyridine rings is 1. The first-order valence-corrected chi connectivity index (χ1v) is 4.13. The number of nitrogens with one attached hydrogen (secondary N) is 1. The number of aromatic nitrogens is 1. The molecule has 7 heteroatoms. The SMILES string of the molecule is Cc1cc([N+](=O)[O-])cnc1NCC(F)F. The summed E-state index contributed by atoms with van der Waals surface area (Å²) in [7, 11) is 0. The van der Waals surface area contributed by atoms with E-state index in [4.69, 9.17) is 0 Å². The maximum Gasteiger partial charge on any atom is 0.287 e. The van der Waals surface area contributed by atoms with Gasteiger partial charge in [0, 0.05) is 6.07 Å². The molecule has 0 saturated carbocycles. The second kappa shape index (κ2) is 4.63. The van der Waals surface area contributed by atoms with Crippen molar-refractivity contribution in [1.82, 2.24) is 4.98 Å². The predicted octanol–water partition coefficient (Wildman–Crippen LogP) is 1.98. The summed E-state index contributed by atoms with van der Waals surface area (Å²) in [5.41, 5.74) is 0.306. The molecule has 1 heterocycles. The fourth-order valence-electron chi connectivity index (χ4n) is 1.02. The number of halogens is 2. The molecule has 0 bridgehead atoms. The van der Waals surface area contributed by atoms with Crippen LogP contribution in [0.5, 0.6) is 0 Å². The normalized spacial score (nSPS) is 10.4. The van der Waals surface area contributed by atoms with Gasteiger partial charge in [0.25, 0.3) is 12.1 Å². The predicted molar refractivity (Wildman–Crippen MR) is 50.1 cm³/mol. The summed E-state index contributed by atoms with van der Waals surface area (Å²) in [6, 6.07) is 1.28. The Kier molecular flexibility index (Phi) is 3.48. The summed E-state index contributed by atoms with van der Waals surface area (Å²) in [6.45, 7) is 1.04. The fraction of sp³-hybridized carbons (Fsp3) is 0.375. The second-order valence-corrected chi connectivity index (χ2v) is 2.89. The van der Waals surface area contributed by atoms with E-state index < -0.39 is 17.9 Å². The molecule has 0 atom stereocenters. The van der Waals surface area contributed by atoms with Crippen LogP contribution >= 0.6 is 0 Å². The number of rotatable bonds is 4. The number of hydrogen-bond acceptors (Lipinski definition) is 4. The highest BCUT2D eigenvalue weighted by molar-refractivity contribution is 5.48. The van der Waals surface area contributed by atoms with Gasteiger partial charge in [-0.15, -0.1) is 0 Å². The number of hydrogen-bond donors (Lipinski definition) is 1. The lowest BCUT2D eigenvalue weighted by Gasteiger charge is -2.06. The molecule has 82 valence electrons. The smallest absolute Gasteiger partial charge is 0.287 e. The molecule has 0 saturated heterocycles. The molecule has 0 aromatic carbocycles. The minimum Gasteiger partial charge on any atom is -0.364 e. The molecule has 0 aliphatic carbocycles. The van der Waals surface area contributed by atoms with Gasteiger partial charge in [0.15, 0.2) is 0 Å². The van der Waals surface area contributed by atoms with E-state index in [1.807, 2.05) is 0 Å². The van der Waals surface area contributed by atoms with Gasteiger partial charge in [0.2, 0.25) is 0 Å². The van der Waals surface area contributed by atoms with Gasteiger partial charge in [-0.25, -0.2) is 13.8 Å². The summed E-state index contributed by atoms with van der Waals surface area (Å²) < 4.78 is 23.7. The van der Waals surface area contributed by atoms with Gasteiger partial charge in [-0.2, -0.15) is 0 Å². The highest BCUT2D eigenvalue weighted by atomic mass is 19.3. The summed E-state index contributed by atoms with van der Waals surface area (Å²) in [6.07, 6.45) is -1.46. The molecule has 1 aromatic rings. The minimum atomic E-state index is -2.48. The van der Waals surface area contributed by atoms with E-state index in [0.29, 0.717) is 5.56 Å². The molecule has 5 nitrogen and oxygen atoms in total. The summed E-state index contributed by atoms with van der Waals surface area (Å²) >= 11 is 0. The lowest BCUT2D eigenvalue weighted by Crippen LogP contribution is -2.12. The number of nitrogens with zero attached hydrogens (tertiary/aromatic N) is 2. The van der Waals surface area contributed by atoms with Crippen molar-refractivity contribution in [3.63, 3.8) is 0 Å². The quantitative estimate of drug-likeness (QED) is 0.618. The zero-order valence-corrected chi connectivity index (χ0v) is 7.91. The van der Waals surface area contributed by atoms with Crippen LogP contribution in [-0.4, -0.2) is 22.9 Å². The Bertz CT molecular complexity index is 371. The van der Waals surface area contributed by atoms with Crippen LogP contribution in [0.15, 0.2) is 12.3 Å². The summed E-state index contributed by atoms with van der Waals surface area (Å²) in [5, 5.41) is 12.8. The van der Waals surface area contributed by atoms with E-state index in [1.54, 1.807) is 6.92 Å². The first kappa shape index (κ1) is 11.3. The average molecular weight is 217 g/mol. The van der Waals surface area contributed by atoms with Crippen molar-refractivity contribution in [3.05, 3.63) is 27.9 Å². The van der Waals surface area contributed by atoms with Crippen LogP contribution in [-0.2, 0) is 0 Å². The Hall–Kier alpha value is -1.79. The summed E-state index contributed by atoms with van der Waals surface area (Å²) in [5.74, 6) is 0.237. The van der Waals surface area contributed by atoms with Crippen molar-refractivity contribution < 1.29 is 13.7 Å². The zero-order valence-electron chi connectivity index (χ0n) is 7.91. The van der Waals surface area contributed by atoms with Gasteiger partial charge in [-0.1, -0.05) is 0 Å². The van der Waals surface area contributed by atoms with E-state index in [9.17, 15) is 18.9 Å². The van der Waals surface area contributed by atoms with Crippen molar-refractivity contribution >= 4 is 11.5 Å². The Labute approximate surface area is 84.3 Å². The third-order valence-corrected chi connectivity index (χ3v) is 1.70. The van der Waals surface area contributed by atoms with Crippen LogP contribution in [0.4, 0.5) is 20.3 Å². The van der Waals surface area contributed by atoms with Crippen molar-refractivity contribution in [2.24, 2.45) is 0 Å². The molecule has 0 aliphatic heterocycles. The highest BCUT2D eigenvalue weighted by Gasteiger charge is 2.10. The number of anilines is 1. The van der Waals surface area contributed by atoms with Crippen LogP contribution in [0.3, 0.4) is 0 Å². The van der Waals surface area contributed by atoms with Gasteiger partial charge < -0.3 is 5.32 Å². The largest absolute Gasteiger partial charge is 0.364 e. The van der Waals surface area contributed by atoms with Gasteiger partial charge in [0.1, 0.15) is 12.0 Å². The van der Waals surface area contributed by atoms with E-state index in [-0.39, 0.29) is 11.5 Å². The molecule has 1 rings (SSSR count). The van der Waals surface area contributed by atoms with Gasteiger partial charge in [-0.05, 0) is 12.5 Å². The van der Waals surface area contributed by atoms with E-state index in [0.717, 1.165) is 6.20 Å². The van der Waals surface area contributed by atoms with Crippen LogP contribution in [0.2, 0.25) is 0 Å². The maximum atomic E-state index is 11.9. The van der Waals surface area contributed by atoms with Crippen molar-refractivity contribution in [2.45, 2.75) is 13.3 Å². The summed E-state index contributed by atoms with van der Waals surface area (Å²) in [4.78, 5) is 13.5. The molecular formula is C8H9F2N3O2. The van der Waals surface area contributed by atoms with Gasteiger partial charge in [-0.3, -0.25) is 10.1 Å². The van der Waals surface area contributed by atoms with Crippen molar-refractivity contribution in [1.29, 1.82) is 0 Å². The first-order valence-electron chi connectivity index (χ1n) is 4.13. The Morgan fingerprint density at radius 3 is 2.80 bits per heavy atom. The highest BCUT2D eigenvalue weighted by Crippen LogP contribution is 2.17. The molecule has 0 spiro atoms. The molecule has 1 N–H and O–H groups in total. The lowest BCUT2D eigenvalue weighted by molar-refractivity contribution is -0.385. The Morgan fingerprint density at radius 1 is 1.67 bits per heavy atom. The minimum absolute atomic E-state index is 0.157. The molecule has 0 radical (unpaired) electrons. The Balaban J connectivity index is 2.79. The molecule has 0 amide bonds. The van der Waals surface area contributed by atoms with Crippen LogP contribution in [0.1, 0.15) is 5.56 Å². The van der Waals surface area contributed by atoms with E-state index >= 15 is 0 Å². The van der Waals surface area contributed by atoms with Crippen LogP contribution in [0, 0.1) is 17.0 Å². The molecule has 15 heavy (non-hydrogen) atoms. The van der Waals surface area contributed by atoms with Gasteiger partial charge >= 0.3 is 0 Å². The maximum absolute atomic E-state index is 11.9. The van der Waals surface area contributed by atoms with Gasteiger partial charge in [0.05, 0.1) is 11.5 Å². The van der Waals surface area contributed by atoms with Crippen molar-refractivity contribution in [2.75, 3.05) is 11.9 Å². The van der Waals surface area contributed by atoms with E-state index in [1.165, 1.54) is 6.07 Å². The molecule has 1 aromatic heterocycles. The standard InChI is InChI=1S/C8H9F2N3O2/c1-5-2-6(13(14)15)3-11-8(5)12-4-7(9)10/h2-3,7H,4H2,1H3,(H,11,12). The third kappa shape index (κ3) is 3.12. The first-order chi connectivity index (χ1) is 7.00. The number of alkyl halides is 2. The van der Waals surface area contributed by atoms with Crippen LogP contribution < -0.4 is 5.32 Å². The topological polar surface area (TPSA) is 68.1 Å². The molecule has 0 aliphatic rings. The molecular weight excluding hydrogens is 208 g/mol. The number of aryl methyl sites for hydroxylation is 1. The third-order valence-electron chi connectivity index (χ3n) is 1.70. The van der Waals surface area contributed by atoms with Crippen molar-refractivity contribution in [3.8, 4) is 0 Å². The van der Waals surface area contributed by atoms with E-state index in [2.05, 4.69) is 10.3 Å². The molecule has 0 fully saturated rings. The lowest BCUT2D eigenvalue weighted by atomic mass is 10.2. The number of nitro groups is 1. The second-order valence-electron chi connectivity index (χ2n) is 2.89. The monoisotopic (exact) mass is 217 g/mol.